The summed E-state index contributed by atoms with van der Waals surface area (Å²) in [6.07, 6.45) is 1.47. The Morgan fingerprint density at radius 2 is 1.91 bits per heavy atom. The van der Waals surface area contributed by atoms with Crippen LogP contribution in [0.5, 0.6) is 0 Å². The van der Waals surface area contributed by atoms with Crippen molar-refractivity contribution in [2.24, 2.45) is 0 Å². The standard InChI is InChI=1S/C16H12BrN3O3/c17-12-6-2-1-4-10(12)14(21)19-8-9-20-15(22)11-5-3-7-18-13(11)16(20)23/h1-7H,8-9H2,(H,19,21). The first-order valence-corrected chi connectivity index (χ1v) is 7.73. The van der Waals surface area contributed by atoms with Crippen molar-refractivity contribution in [1.29, 1.82) is 0 Å². The van der Waals surface area contributed by atoms with Crippen molar-refractivity contribution in [2.45, 2.75) is 0 Å². The van der Waals surface area contributed by atoms with Crippen LogP contribution in [-0.4, -0.2) is 40.7 Å². The summed E-state index contributed by atoms with van der Waals surface area (Å²) in [5, 5.41) is 2.70. The summed E-state index contributed by atoms with van der Waals surface area (Å²) in [6, 6.07) is 10.2. The van der Waals surface area contributed by atoms with Gasteiger partial charge in [-0.2, -0.15) is 0 Å². The molecule has 3 rings (SSSR count). The number of nitrogens with one attached hydrogen (secondary N) is 1. The molecule has 7 heteroatoms. The van der Waals surface area contributed by atoms with E-state index in [-0.39, 0.29) is 30.6 Å². The zero-order valence-corrected chi connectivity index (χ0v) is 13.5. The number of imide groups is 1. The molecule has 23 heavy (non-hydrogen) atoms. The minimum atomic E-state index is -0.430. The van der Waals surface area contributed by atoms with E-state index in [2.05, 4.69) is 26.2 Å². The molecular formula is C16H12BrN3O3. The first-order valence-electron chi connectivity index (χ1n) is 6.93. The van der Waals surface area contributed by atoms with Gasteiger partial charge < -0.3 is 5.32 Å². The van der Waals surface area contributed by atoms with Crippen molar-refractivity contribution < 1.29 is 14.4 Å². The maximum Gasteiger partial charge on any atom is 0.280 e. The number of rotatable bonds is 4. The highest BCUT2D eigenvalue weighted by atomic mass is 79.9. The first-order chi connectivity index (χ1) is 11.1. The van der Waals surface area contributed by atoms with Gasteiger partial charge in [-0.25, -0.2) is 0 Å². The topological polar surface area (TPSA) is 79.4 Å². The monoisotopic (exact) mass is 373 g/mol. The fourth-order valence-corrected chi connectivity index (χ4v) is 2.80. The molecule has 116 valence electrons. The number of carbonyl (C=O) groups excluding carboxylic acids is 3. The molecule has 0 aliphatic carbocycles. The summed E-state index contributed by atoms with van der Waals surface area (Å²) in [7, 11) is 0. The largest absolute Gasteiger partial charge is 0.350 e. The molecule has 2 heterocycles. The fraction of sp³-hybridized carbons (Fsp3) is 0.125. The third kappa shape index (κ3) is 2.87. The number of pyridine rings is 1. The maximum absolute atomic E-state index is 12.2. The average molecular weight is 374 g/mol. The van der Waals surface area contributed by atoms with E-state index in [1.807, 2.05) is 6.07 Å². The van der Waals surface area contributed by atoms with Gasteiger partial charge in [0, 0.05) is 23.8 Å². The van der Waals surface area contributed by atoms with Crippen LogP contribution < -0.4 is 5.32 Å². The predicted octanol–water partition coefficient (Wildman–Crippen LogP) is 1.87. The third-order valence-electron chi connectivity index (χ3n) is 3.47. The van der Waals surface area contributed by atoms with E-state index in [9.17, 15) is 14.4 Å². The van der Waals surface area contributed by atoms with E-state index in [0.717, 1.165) is 4.90 Å². The minimum absolute atomic E-state index is 0.101. The van der Waals surface area contributed by atoms with Crippen molar-refractivity contribution in [1.82, 2.24) is 15.2 Å². The smallest absolute Gasteiger partial charge is 0.280 e. The number of aromatic nitrogens is 1. The normalized spacial score (nSPS) is 13.2. The van der Waals surface area contributed by atoms with Gasteiger partial charge in [-0.3, -0.25) is 24.3 Å². The van der Waals surface area contributed by atoms with Crippen LogP contribution in [0.3, 0.4) is 0 Å². The summed E-state index contributed by atoms with van der Waals surface area (Å²) in [4.78, 5) is 41.4. The molecule has 0 radical (unpaired) electrons. The molecule has 0 spiro atoms. The van der Waals surface area contributed by atoms with Gasteiger partial charge >= 0.3 is 0 Å². The Labute approximate surface area is 140 Å². The second kappa shape index (κ2) is 6.29. The van der Waals surface area contributed by atoms with Crippen LogP contribution in [0.15, 0.2) is 47.1 Å². The number of amides is 3. The maximum atomic E-state index is 12.2. The van der Waals surface area contributed by atoms with Crippen LogP contribution in [0.2, 0.25) is 0 Å². The molecule has 1 N–H and O–H groups in total. The first kappa shape index (κ1) is 15.4. The van der Waals surface area contributed by atoms with Crippen molar-refractivity contribution in [3.8, 4) is 0 Å². The van der Waals surface area contributed by atoms with Crippen molar-refractivity contribution in [3.05, 3.63) is 63.9 Å². The molecule has 1 aliphatic heterocycles. The fourth-order valence-electron chi connectivity index (χ4n) is 2.34. The number of fused-ring (bicyclic) bond motifs is 1. The zero-order chi connectivity index (χ0) is 16.4. The molecule has 0 bridgehead atoms. The highest BCUT2D eigenvalue weighted by molar-refractivity contribution is 9.10. The Bertz CT molecular complexity index is 772. The second-order valence-corrected chi connectivity index (χ2v) is 5.75. The van der Waals surface area contributed by atoms with Gasteiger partial charge in [0.25, 0.3) is 17.7 Å². The summed E-state index contributed by atoms with van der Waals surface area (Å²) < 4.78 is 0.683. The second-order valence-electron chi connectivity index (χ2n) is 4.90. The number of hydrogen-bond donors (Lipinski definition) is 1. The Morgan fingerprint density at radius 3 is 2.65 bits per heavy atom. The van der Waals surface area contributed by atoms with E-state index in [1.165, 1.54) is 6.20 Å². The molecular weight excluding hydrogens is 362 g/mol. The van der Waals surface area contributed by atoms with Crippen LogP contribution in [-0.2, 0) is 0 Å². The lowest BCUT2D eigenvalue weighted by Gasteiger charge is -2.14. The van der Waals surface area contributed by atoms with Crippen LogP contribution in [0, 0.1) is 0 Å². The Hall–Kier alpha value is -2.54. The van der Waals surface area contributed by atoms with Gasteiger partial charge in [0.2, 0.25) is 0 Å². The van der Waals surface area contributed by atoms with E-state index in [1.54, 1.807) is 30.3 Å². The highest BCUT2D eigenvalue weighted by Crippen LogP contribution is 2.20. The van der Waals surface area contributed by atoms with E-state index in [4.69, 9.17) is 0 Å². The molecule has 1 aromatic carbocycles. The minimum Gasteiger partial charge on any atom is -0.350 e. The highest BCUT2D eigenvalue weighted by Gasteiger charge is 2.36. The third-order valence-corrected chi connectivity index (χ3v) is 4.16. The van der Waals surface area contributed by atoms with E-state index >= 15 is 0 Å². The average Bonchev–Trinajstić information content (AvgIpc) is 2.80. The SMILES string of the molecule is O=C(NCCN1C(=O)c2cccnc2C1=O)c1ccccc1Br. The van der Waals surface area contributed by atoms with E-state index in [0.29, 0.717) is 15.6 Å². The number of benzene rings is 1. The molecule has 0 saturated carbocycles. The lowest BCUT2D eigenvalue weighted by molar-refractivity contribution is 0.0648. The predicted molar refractivity (Wildman–Crippen MR) is 86.1 cm³/mol. The van der Waals surface area contributed by atoms with Crippen molar-refractivity contribution in [3.63, 3.8) is 0 Å². The summed E-state index contributed by atoms with van der Waals surface area (Å²) >= 11 is 3.31. The molecule has 0 atom stereocenters. The van der Waals surface area contributed by atoms with Crippen LogP contribution in [0.25, 0.3) is 0 Å². The number of hydrogen-bond acceptors (Lipinski definition) is 4. The van der Waals surface area contributed by atoms with Gasteiger partial charge in [0.05, 0.1) is 11.1 Å². The molecule has 1 aromatic heterocycles. The van der Waals surface area contributed by atoms with Crippen LogP contribution in [0.4, 0.5) is 0 Å². The lowest BCUT2D eigenvalue weighted by Crippen LogP contribution is -2.38. The van der Waals surface area contributed by atoms with Gasteiger partial charge in [-0.15, -0.1) is 0 Å². The Balaban J connectivity index is 1.62. The number of nitrogens with zero attached hydrogens (tertiary/aromatic N) is 2. The molecule has 0 unspecified atom stereocenters. The van der Waals surface area contributed by atoms with Gasteiger partial charge in [-0.1, -0.05) is 12.1 Å². The summed E-state index contributed by atoms with van der Waals surface area (Å²) in [5.41, 5.74) is 0.959. The zero-order valence-electron chi connectivity index (χ0n) is 12.0. The molecule has 3 amide bonds. The number of carbonyl (C=O) groups is 3. The van der Waals surface area contributed by atoms with E-state index < -0.39 is 5.91 Å². The van der Waals surface area contributed by atoms with Gasteiger partial charge in [0.1, 0.15) is 5.69 Å². The van der Waals surface area contributed by atoms with Crippen LogP contribution >= 0.6 is 15.9 Å². The molecule has 1 aliphatic rings. The van der Waals surface area contributed by atoms with Crippen LogP contribution in [0.1, 0.15) is 31.2 Å². The number of halogens is 1. The Kier molecular flexibility index (Phi) is 4.20. The molecule has 0 saturated heterocycles. The Morgan fingerprint density at radius 1 is 1.13 bits per heavy atom. The lowest BCUT2D eigenvalue weighted by atomic mass is 10.2. The molecule has 6 nitrogen and oxygen atoms in total. The van der Waals surface area contributed by atoms with Gasteiger partial charge in [0.15, 0.2) is 0 Å². The molecule has 2 aromatic rings. The van der Waals surface area contributed by atoms with Crippen molar-refractivity contribution in [2.75, 3.05) is 13.1 Å². The van der Waals surface area contributed by atoms with Gasteiger partial charge in [-0.05, 0) is 40.2 Å². The van der Waals surface area contributed by atoms with Crippen molar-refractivity contribution >= 4 is 33.7 Å². The quantitative estimate of drug-likeness (QED) is 0.829. The summed E-state index contributed by atoms with van der Waals surface area (Å²) in [6.45, 7) is 0.274. The summed E-state index contributed by atoms with van der Waals surface area (Å²) in [5.74, 6) is -1.08. The molecule has 0 fully saturated rings.